The van der Waals surface area contributed by atoms with E-state index < -0.39 is 5.60 Å². The molecule has 120 valence electrons. The lowest BCUT2D eigenvalue weighted by Crippen LogP contribution is -2.55. The third-order valence-corrected chi connectivity index (χ3v) is 6.74. The van der Waals surface area contributed by atoms with Crippen LogP contribution in [-0.4, -0.2) is 34.1 Å². The molecular weight excluding hydrogens is 276 g/mol. The lowest BCUT2D eigenvalue weighted by molar-refractivity contribution is -0.168. The van der Waals surface area contributed by atoms with Crippen molar-refractivity contribution in [3.05, 3.63) is 0 Å². The predicted octanol–water partition coefficient (Wildman–Crippen LogP) is 2.61. The zero-order valence-corrected chi connectivity index (χ0v) is 13.3. The van der Waals surface area contributed by atoms with Crippen molar-refractivity contribution in [1.82, 2.24) is 4.90 Å². The average Bonchev–Trinajstić information content (AvgIpc) is 2.90. The molecule has 0 aromatic rings. The maximum atomic E-state index is 12.5. The molecule has 5 rings (SSSR count). The van der Waals surface area contributed by atoms with Crippen LogP contribution >= 0.6 is 0 Å². The van der Waals surface area contributed by atoms with E-state index in [4.69, 9.17) is 5.26 Å². The molecule has 1 aliphatic heterocycles. The van der Waals surface area contributed by atoms with Crippen LogP contribution in [0.3, 0.4) is 0 Å². The van der Waals surface area contributed by atoms with Crippen molar-refractivity contribution in [1.29, 1.82) is 5.26 Å². The van der Waals surface area contributed by atoms with Crippen LogP contribution < -0.4 is 0 Å². The highest BCUT2D eigenvalue weighted by Crippen LogP contribution is 2.63. The lowest BCUT2D eigenvalue weighted by Gasteiger charge is -2.60. The molecule has 4 heteroatoms. The van der Waals surface area contributed by atoms with Crippen LogP contribution in [0.4, 0.5) is 0 Å². The van der Waals surface area contributed by atoms with Gasteiger partial charge in [0.15, 0.2) is 0 Å². The van der Waals surface area contributed by atoms with Gasteiger partial charge in [-0.3, -0.25) is 4.79 Å². The first-order valence-corrected chi connectivity index (χ1v) is 8.92. The molecule has 4 nitrogen and oxygen atoms in total. The topological polar surface area (TPSA) is 64.3 Å². The van der Waals surface area contributed by atoms with Crippen LogP contribution in [0.25, 0.3) is 0 Å². The molecule has 1 saturated heterocycles. The Morgan fingerprint density at radius 2 is 2.00 bits per heavy atom. The lowest BCUT2D eigenvalue weighted by atomic mass is 9.47. The molecule has 0 radical (unpaired) electrons. The Morgan fingerprint density at radius 1 is 1.27 bits per heavy atom. The van der Waals surface area contributed by atoms with Gasteiger partial charge in [-0.1, -0.05) is 0 Å². The van der Waals surface area contributed by atoms with Crippen molar-refractivity contribution >= 4 is 5.91 Å². The summed E-state index contributed by atoms with van der Waals surface area (Å²) in [5, 5.41) is 19.9. The number of amides is 1. The molecule has 5 fully saturated rings. The van der Waals surface area contributed by atoms with E-state index in [1.807, 2.05) is 0 Å². The second-order valence-electron chi connectivity index (χ2n) is 8.56. The summed E-state index contributed by atoms with van der Waals surface area (Å²) in [6.07, 6.45) is 9.85. The summed E-state index contributed by atoms with van der Waals surface area (Å²) < 4.78 is 0. The summed E-state index contributed by atoms with van der Waals surface area (Å²) in [4.78, 5) is 14.3. The molecule has 0 aromatic carbocycles. The van der Waals surface area contributed by atoms with Gasteiger partial charge >= 0.3 is 0 Å². The minimum atomic E-state index is -0.435. The average molecular weight is 302 g/mol. The molecule has 1 heterocycles. The number of likely N-dealkylation sites (tertiary alicyclic amines) is 1. The van der Waals surface area contributed by atoms with Gasteiger partial charge in [-0.05, 0) is 75.0 Å². The van der Waals surface area contributed by atoms with Gasteiger partial charge < -0.3 is 10.0 Å². The zero-order chi connectivity index (χ0) is 15.4. The Kier molecular flexibility index (Phi) is 3.27. The summed E-state index contributed by atoms with van der Waals surface area (Å²) >= 11 is 0. The molecule has 1 amide bonds. The van der Waals surface area contributed by atoms with Gasteiger partial charge in [-0.2, -0.15) is 5.26 Å². The van der Waals surface area contributed by atoms with Gasteiger partial charge in [-0.15, -0.1) is 0 Å². The van der Waals surface area contributed by atoms with Crippen molar-refractivity contribution in [2.24, 2.45) is 17.3 Å². The van der Waals surface area contributed by atoms with Crippen molar-refractivity contribution in [3.63, 3.8) is 0 Å². The van der Waals surface area contributed by atoms with Gasteiger partial charge in [0, 0.05) is 13.0 Å². The van der Waals surface area contributed by atoms with Crippen LogP contribution in [0.1, 0.15) is 64.2 Å². The molecule has 0 aromatic heterocycles. The van der Waals surface area contributed by atoms with Crippen molar-refractivity contribution in [2.75, 3.05) is 6.54 Å². The number of hydrogen-bond donors (Lipinski definition) is 1. The predicted molar refractivity (Wildman–Crippen MR) is 81.6 cm³/mol. The number of carbonyl (C=O) groups is 1. The number of aliphatic hydroxyl groups is 1. The molecule has 4 saturated carbocycles. The van der Waals surface area contributed by atoms with Crippen LogP contribution in [0.5, 0.6) is 0 Å². The number of nitrogens with zero attached hydrogens (tertiary/aromatic N) is 2. The van der Waals surface area contributed by atoms with Crippen molar-refractivity contribution < 1.29 is 9.90 Å². The minimum absolute atomic E-state index is 0.159. The fraction of sp³-hybridized carbons (Fsp3) is 0.889. The van der Waals surface area contributed by atoms with Crippen LogP contribution in [0.15, 0.2) is 0 Å². The van der Waals surface area contributed by atoms with E-state index in [0.29, 0.717) is 18.3 Å². The zero-order valence-electron chi connectivity index (χ0n) is 13.3. The first-order chi connectivity index (χ1) is 10.5. The Balaban J connectivity index is 1.41. The summed E-state index contributed by atoms with van der Waals surface area (Å²) in [7, 11) is 0. The fourth-order valence-corrected chi connectivity index (χ4v) is 6.41. The van der Waals surface area contributed by atoms with Gasteiger partial charge in [0.1, 0.15) is 6.04 Å². The van der Waals surface area contributed by atoms with Gasteiger partial charge in [0.05, 0.1) is 11.7 Å². The standard InChI is InChI=1S/C18H26N2O2/c19-11-15-2-1-5-20(15)16(21)3-4-17-7-13-6-14(8-17)10-18(22,9-13)12-17/h13-15,22H,1-10,12H2. The fourth-order valence-electron chi connectivity index (χ4n) is 6.41. The normalized spacial score (nSPS) is 46.0. The Labute approximate surface area is 132 Å². The maximum absolute atomic E-state index is 12.5. The third kappa shape index (κ3) is 2.34. The number of hydrogen-bond acceptors (Lipinski definition) is 3. The van der Waals surface area contributed by atoms with E-state index in [1.165, 1.54) is 19.3 Å². The van der Waals surface area contributed by atoms with Crippen molar-refractivity contribution in [2.45, 2.75) is 75.9 Å². The smallest absolute Gasteiger partial charge is 0.223 e. The third-order valence-electron chi connectivity index (χ3n) is 6.74. The molecule has 4 bridgehead atoms. The van der Waals surface area contributed by atoms with E-state index in [-0.39, 0.29) is 17.4 Å². The van der Waals surface area contributed by atoms with Gasteiger partial charge in [-0.25, -0.2) is 0 Å². The number of nitriles is 1. The summed E-state index contributed by atoms with van der Waals surface area (Å²) in [6, 6.07) is 2.06. The van der Waals surface area contributed by atoms with Gasteiger partial charge in [0.2, 0.25) is 5.91 Å². The summed E-state index contributed by atoms with van der Waals surface area (Å²) in [5.41, 5.74) is -0.230. The molecule has 22 heavy (non-hydrogen) atoms. The minimum Gasteiger partial charge on any atom is -0.390 e. The molecule has 0 spiro atoms. The maximum Gasteiger partial charge on any atom is 0.223 e. The van der Waals surface area contributed by atoms with E-state index in [0.717, 1.165) is 45.1 Å². The van der Waals surface area contributed by atoms with Crippen LogP contribution in [0, 0.1) is 28.6 Å². The summed E-state index contributed by atoms with van der Waals surface area (Å²) in [5.74, 6) is 1.52. The Bertz CT molecular complexity index is 510. The van der Waals surface area contributed by atoms with E-state index in [1.54, 1.807) is 4.90 Å². The van der Waals surface area contributed by atoms with E-state index in [2.05, 4.69) is 6.07 Å². The first kappa shape index (κ1) is 14.5. The van der Waals surface area contributed by atoms with Crippen LogP contribution in [-0.2, 0) is 4.79 Å². The number of rotatable bonds is 3. The van der Waals surface area contributed by atoms with E-state index >= 15 is 0 Å². The molecule has 5 aliphatic rings. The molecule has 3 unspecified atom stereocenters. The largest absolute Gasteiger partial charge is 0.390 e. The van der Waals surface area contributed by atoms with E-state index in [9.17, 15) is 9.90 Å². The summed E-state index contributed by atoms with van der Waals surface area (Å²) in [6.45, 7) is 0.749. The molecule has 4 aliphatic carbocycles. The second-order valence-corrected chi connectivity index (χ2v) is 8.56. The van der Waals surface area contributed by atoms with Gasteiger partial charge in [0.25, 0.3) is 0 Å². The highest BCUT2D eigenvalue weighted by atomic mass is 16.3. The Hall–Kier alpha value is -1.08. The molecule has 3 atom stereocenters. The molecule has 1 N–H and O–H groups in total. The Morgan fingerprint density at radius 3 is 2.64 bits per heavy atom. The van der Waals surface area contributed by atoms with Crippen LogP contribution in [0.2, 0.25) is 0 Å². The molecular formula is C18H26N2O2. The monoisotopic (exact) mass is 302 g/mol. The second kappa shape index (κ2) is 4.96. The highest BCUT2D eigenvalue weighted by Gasteiger charge is 2.56. The quantitative estimate of drug-likeness (QED) is 0.871. The van der Waals surface area contributed by atoms with Crippen molar-refractivity contribution in [3.8, 4) is 6.07 Å². The number of carbonyl (C=O) groups excluding carboxylic acids is 1. The SMILES string of the molecule is N#CC1CCCN1C(=O)CCC12CC3CC(CC(O)(C3)C1)C2. The first-order valence-electron chi connectivity index (χ1n) is 8.92. The highest BCUT2D eigenvalue weighted by molar-refractivity contribution is 5.77.